The first-order valence-corrected chi connectivity index (χ1v) is 8.74. The summed E-state index contributed by atoms with van der Waals surface area (Å²) in [7, 11) is -3.81. The van der Waals surface area contributed by atoms with Crippen LogP contribution in [0.5, 0.6) is 0 Å². The molecule has 2 heterocycles. The van der Waals surface area contributed by atoms with E-state index in [0.29, 0.717) is 19.4 Å². The van der Waals surface area contributed by atoms with Crippen molar-refractivity contribution in [2.75, 3.05) is 13.2 Å². The molecule has 112 valence electrons. The normalized spacial score (nSPS) is 20.9. The highest BCUT2D eigenvalue weighted by atomic mass is 32.2. The van der Waals surface area contributed by atoms with E-state index in [1.807, 2.05) is 0 Å². The second-order valence-electron chi connectivity index (χ2n) is 4.70. The number of aliphatic hydroxyl groups is 1. The van der Waals surface area contributed by atoms with E-state index in [4.69, 9.17) is 10.2 Å². The first-order chi connectivity index (χ1) is 9.48. The van der Waals surface area contributed by atoms with E-state index in [2.05, 4.69) is 0 Å². The average molecular weight is 319 g/mol. The summed E-state index contributed by atoms with van der Waals surface area (Å²) in [5.41, 5.74) is 0. The van der Waals surface area contributed by atoms with Crippen molar-refractivity contribution in [2.45, 2.75) is 36.6 Å². The Morgan fingerprint density at radius 3 is 2.85 bits per heavy atom. The number of thiophene rings is 1. The fourth-order valence-electron chi connectivity index (χ4n) is 2.51. The van der Waals surface area contributed by atoms with E-state index < -0.39 is 16.0 Å². The Balaban J connectivity index is 2.37. The quantitative estimate of drug-likeness (QED) is 0.855. The van der Waals surface area contributed by atoms with Gasteiger partial charge in [0, 0.05) is 19.2 Å². The smallest absolute Gasteiger partial charge is 0.347 e. The molecule has 1 atom stereocenters. The van der Waals surface area contributed by atoms with Crippen molar-refractivity contribution >= 4 is 27.3 Å². The lowest BCUT2D eigenvalue weighted by Gasteiger charge is -2.34. The summed E-state index contributed by atoms with van der Waals surface area (Å²) >= 11 is 0.908. The monoisotopic (exact) mass is 319 g/mol. The molecular weight excluding hydrogens is 302 g/mol. The van der Waals surface area contributed by atoms with Crippen LogP contribution < -0.4 is 0 Å². The number of carbonyl (C=O) groups is 1. The number of rotatable bonds is 5. The van der Waals surface area contributed by atoms with Gasteiger partial charge in [-0.25, -0.2) is 13.2 Å². The van der Waals surface area contributed by atoms with E-state index >= 15 is 0 Å². The van der Waals surface area contributed by atoms with Crippen molar-refractivity contribution in [3.63, 3.8) is 0 Å². The largest absolute Gasteiger partial charge is 0.477 e. The highest BCUT2D eigenvalue weighted by Gasteiger charge is 2.35. The summed E-state index contributed by atoms with van der Waals surface area (Å²) < 4.78 is 26.6. The molecule has 0 amide bonds. The van der Waals surface area contributed by atoms with Gasteiger partial charge in [-0.2, -0.15) is 4.31 Å². The third-order valence-corrected chi connectivity index (χ3v) is 6.47. The molecule has 1 aliphatic heterocycles. The van der Waals surface area contributed by atoms with E-state index in [1.165, 1.54) is 15.8 Å². The van der Waals surface area contributed by atoms with Crippen LogP contribution in [0.1, 0.15) is 35.4 Å². The zero-order valence-corrected chi connectivity index (χ0v) is 12.5. The molecule has 20 heavy (non-hydrogen) atoms. The number of carboxylic acids is 1. The Morgan fingerprint density at radius 2 is 2.20 bits per heavy atom. The Kier molecular flexibility index (Phi) is 4.79. The van der Waals surface area contributed by atoms with Gasteiger partial charge >= 0.3 is 5.97 Å². The third kappa shape index (κ3) is 2.88. The standard InChI is InChI=1S/C12H17NO5S2/c14-7-4-9-3-1-2-6-13(9)20(17,18)10-5-8-19-11(10)12(15)16/h5,8-9,14H,1-4,6-7H2,(H,15,16)/t9-/m0/s1. The first kappa shape index (κ1) is 15.4. The Bertz CT molecular complexity index is 578. The minimum Gasteiger partial charge on any atom is -0.477 e. The second-order valence-corrected chi connectivity index (χ2v) is 7.47. The molecule has 8 heteroatoms. The molecule has 1 aliphatic rings. The average Bonchev–Trinajstić information content (AvgIpc) is 2.89. The van der Waals surface area contributed by atoms with E-state index in [1.54, 1.807) is 0 Å². The zero-order chi connectivity index (χ0) is 14.8. The van der Waals surface area contributed by atoms with Crippen LogP contribution >= 0.6 is 11.3 Å². The van der Waals surface area contributed by atoms with Gasteiger partial charge in [-0.1, -0.05) is 6.42 Å². The SMILES string of the molecule is O=C(O)c1sccc1S(=O)(=O)N1CCCC[C@H]1CCO. The van der Waals surface area contributed by atoms with Crippen LogP contribution in [0.3, 0.4) is 0 Å². The van der Waals surface area contributed by atoms with Crippen LogP contribution in [0.25, 0.3) is 0 Å². The number of aromatic carboxylic acids is 1. The summed E-state index contributed by atoms with van der Waals surface area (Å²) in [6.45, 7) is 0.300. The number of nitrogens with zero attached hydrogens (tertiary/aromatic N) is 1. The van der Waals surface area contributed by atoms with Gasteiger partial charge in [0.1, 0.15) is 9.77 Å². The number of aliphatic hydroxyl groups excluding tert-OH is 1. The van der Waals surface area contributed by atoms with Crippen molar-refractivity contribution in [2.24, 2.45) is 0 Å². The molecule has 1 aromatic rings. The molecule has 0 bridgehead atoms. The lowest BCUT2D eigenvalue weighted by molar-refractivity contribution is 0.0698. The topological polar surface area (TPSA) is 94.9 Å². The minimum absolute atomic E-state index is 0.0773. The number of piperidine rings is 1. The summed E-state index contributed by atoms with van der Waals surface area (Å²) in [5, 5.41) is 19.6. The second kappa shape index (κ2) is 6.21. The molecule has 0 saturated carbocycles. The molecule has 1 saturated heterocycles. The van der Waals surface area contributed by atoms with Gasteiger partial charge in [0.15, 0.2) is 0 Å². The Morgan fingerprint density at radius 1 is 1.45 bits per heavy atom. The van der Waals surface area contributed by atoms with E-state index in [9.17, 15) is 13.2 Å². The van der Waals surface area contributed by atoms with Crippen LogP contribution in [-0.4, -0.2) is 48.1 Å². The molecule has 0 unspecified atom stereocenters. The van der Waals surface area contributed by atoms with Crippen molar-refractivity contribution in [1.82, 2.24) is 4.31 Å². The van der Waals surface area contributed by atoms with E-state index in [0.717, 1.165) is 24.2 Å². The maximum absolute atomic E-state index is 12.6. The molecule has 0 aliphatic carbocycles. The van der Waals surface area contributed by atoms with Gasteiger partial charge in [0.25, 0.3) is 0 Å². The fraction of sp³-hybridized carbons (Fsp3) is 0.583. The molecule has 6 nitrogen and oxygen atoms in total. The van der Waals surface area contributed by atoms with Crippen LogP contribution in [-0.2, 0) is 10.0 Å². The number of hydrogen-bond donors (Lipinski definition) is 2. The molecule has 1 aromatic heterocycles. The number of hydrogen-bond acceptors (Lipinski definition) is 5. The van der Waals surface area contributed by atoms with Crippen LogP contribution in [0.15, 0.2) is 16.3 Å². The van der Waals surface area contributed by atoms with Crippen molar-refractivity contribution in [3.8, 4) is 0 Å². The maximum atomic E-state index is 12.6. The van der Waals surface area contributed by atoms with Crippen molar-refractivity contribution in [1.29, 1.82) is 0 Å². The van der Waals surface area contributed by atoms with Gasteiger partial charge in [-0.05, 0) is 30.7 Å². The maximum Gasteiger partial charge on any atom is 0.347 e. The third-order valence-electron chi connectivity index (χ3n) is 3.45. The summed E-state index contributed by atoms with van der Waals surface area (Å²) in [4.78, 5) is 10.8. The van der Waals surface area contributed by atoms with Gasteiger partial charge in [-0.3, -0.25) is 0 Å². The van der Waals surface area contributed by atoms with Crippen molar-refractivity contribution in [3.05, 3.63) is 16.3 Å². The highest BCUT2D eigenvalue weighted by molar-refractivity contribution is 7.89. The highest BCUT2D eigenvalue weighted by Crippen LogP contribution is 2.30. The Labute approximate surface area is 121 Å². The summed E-state index contributed by atoms with van der Waals surface area (Å²) in [6, 6.07) is 1.09. The van der Waals surface area contributed by atoms with Crippen LogP contribution in [0, 0.1) is 0 Å². The van der Waals surface area contributed by atoms with E-state index in [-0.39, 0.29) is 22.4 Å². The number of sulfonamides is 1. The molecule has 0 spiro atoms. The van der Waals surface area contributed by atoms with Crippen molar-refractivity contribution < 1.29 is 23.4 Å². The van der Waals surface area contributed by atoms with Crippen LogP contribution in [0.4, 0.5) is 0 Å². The molecular formula is C12H17NO5S2. The molecule has 2 N–H and O–H groups in total. The van der Waals surface area contributed by atoms with Gasteiger partial charge in [0.05, 0.1) is 0 Å². The van der Waals surface area contributed by atoms with Crippen LogP contribution in [0.2, 0.25) is 0 Å². The molecule has 0 radical (unpaired) electrons. The first-order valence-electron chi connectivity index (χ1n) is 6.42. The lowest BCUT2D eigenvalue weighted by Crippen LogP contribution is -2.44. The zero-order valence-electron chi connectivity index (χ0n) is 10.9. The van der Waals surface area contributed by atoms with Gasteiger partial charge in [0.2, 0.25) is 10.0 Å². The minimum atomic E-state index is -3.81. The predicted octanol–water partition coefficient (Wildman–Crippen LogP) is 1.37. The Hall–Kier alpha value is -0.960. The summed E-state index contributed by atoms with van der Waals surface area (Å²) in [6.07, 6.45) is 2.76. The van der Waals surface area contributed by atoms with Gasteiger partial charge < -0.3 is 10.2 Å². The molecule has 1 fully saturated rings. The molecule has 0 aromatic carbocycles. The predicted molar refractivity (Wildman–Crippen MR) is 74.5 cm³/mol. The fourth-order valence-corrected chi connectivity index (χ4v) is 5.47. The van der Waals surface area contributed by atoms with Gasteiger partial charge in [-0.15, -0.1) is 11.3 Å². The summed E-state index contributed by atoms with van der Waals surface area (Å²) in [5.74, 6) is -1.23. The molecule has 2 rings (SSSR count). The lowest BCUT2D eigenvalue weighted by atomic mass is 10.0. The number of carboxylic acid groups (broad SMARTS) is 1.